The fourth-order valence-electron chi connectivity index (χ4n) is 4.66. The summed E-state index contributed by atoms with van der Waals surface area (Å²) in [6.07, 6.45) is -3.90. The standard InChI is InChI=1S/C29H21F3N4S/c30-29(31,32)24-15-6-4-9-20(24)18-37-28-35-34-26(36(28)21-11-2-1-3-12-21)17-19-10-8-14-23-22-13-5-7-16-25(22)33-27(19)23/h1-16,33H,17-18H2. The summed E-state index contributed by atoms with van der Waals surface area (Å²) in [5.74, 6) is 0.835. The highest BCUT2D eigenvalue weighted by Crippen LogP contribution is 2.35. The topological polar surface area (TPSA) is 46.5 Å². The summed E-state index contributed by atoms with van der Waals surface area (Å²) in [6, 6.07) is 29.7. The van der Waals surface area contributed by atoms with E-state index < -0.39 is 11.7 Å². The van der Waals surface area contributed by atoms with Crippen LogP contribution in [0.4, 0.5) is 13.2 Å². The van der Waals surface area contributed by atoms with Crippen LogP contribution in [0.2, 0.25) is 0 Å². The van der Waals surface area contributed by atoms with Crippen molar-refractivity contribution in [2.24, 2.45) is 0 Å². The fraction of sp³-hybridized carbons (Fsp3) is 0.103. The third-order valence-corrected chi connectivity index (χ3v) is 7.35. The maximum absolute atomic E-state index is 13.5. The molecule has 6 aromatic rings. The van der Waals surface area contributed by atoms with Crippen LogP contribution >= 0.6 is 11.8 Å². The van der Waals surface area contributed by atoms with Gasteiger partial charge in [-0.15, -0.1) is 10.2 Å². The van der Waals surface area contributed by atoms with E-state index in [2.05, 4.69) is 39.4 Å². The summed E-state index contributed by atoms with van der Waals surface area (Å²) in [7, 11) is 0. The van der Waals surface area contributed by atoms with Gasteiger partial charge in [-0.2, -0.15) is 13.2 Å². The van der Waals surface area contributed by atoms with Gasteiger partial charge < -0.3 is 4.98 Å². The monoisotopic (exact) mass is 514 g/mol. The van der Waals surface area contributed by atoms with Gasteiger partial charge in [0.15, 0.2) is 5.16 Å². The third kappa shape index (κ3) is 4.49. The number of benzene rings is 4. The summed E-state index contributed by atoms with van der Waals surface area (Å²) >= 11 is 1.25. The summed E-state index contributed by atoms with van der Waals surface area (Å²) in [4.78, 5) is 3.53. The van der Waals surface area contributed by atoms with Crippen LogP contribution in [0.15, 0.2) is 102 Å². The third-order valence-electron chi connectivity index (χ3n) is 6.37. The molecule has 0 amide bonds. The van der Waals surface area contributed by atoms with Crippen molar-refractivity contribution in [3.05, 3.63) is 120 Å². The number of alkyl halides is 3. The second-order valence-electron chi connectivity index (χ2n) is 8.70. The van der Waals surface area contributed by atoms with Gasteiger partial charge in [-0.3, -0.25) is 4.57 Å². The lowest BCUT2D eigenvalue weighted by Gasteiger charge is -2.13. The van der Waals surface area contributed by atoms with Gasteiger partial charge in [0.2, 0.25) is 0 Å². The van der Waals surface area contributed by atoms with Gasteiger partial charge in [0.05, 0.1) is 11.1 Å². The molecule has 37 heavy (non-hydrogen) atoms. The molecule has 184 valence electrons. The summed E-state index contributed by atoms with van der Waals surface area (Å²) in [5.41, 5.74) is 3.62. The minimum Gasteiger partial charge on any atom is -0.354 e. The van der Waals surface area contributed by atoms with E-state index >= 15 is 0 Å². The van der Waals surface area contributed by atoms with Crippen LogP contribution in [0, 0.1) is 0 Å². The SMILES string of the molecule is FC(F)(F)c1ccccc1CSc1nnc(Cc2cccc3c2[nH]c2ccccc23)n1-c1ccccc1. The lowest BCUT2D eigenvalue weighted by molar-refractivity contribution is -0.138. The molecular weight excluding hydrogens is 493 g/mol. The zero-order valence-corrected chi connectivity index (χ0v) is 20.4. The molecule has 0 aliphatic rings. The molecule has 0 aliphatic carbocycles. The van der Waals surface area contributed by atoms with Gasteiger partial charge in [0, 0.05) is 34.2 Å². The molecule has 0 unspecified atom stereocenters. The molecule has 0 saturated heterocycles. The van der Waals surface area contributed by atoms with E-state index in [0.29, 0.717) is 17.4 Å². The minimum atomic E-state index is -4.41. The molecule has 4 aromatic carbocycles. The van der Waals surface area contributed by atoms with E-state index in [1.807, 2.05) is 53.1 Å². The minimum absolute atomic E-state index is 0.123. The van der Waals surface area contributed by atoms with Crippen molar-refractivity contribution in [2.75, 3.05) is 0 Å². The van der Waals surface area contributed by atoms with Crippen molar-refractivity contribution >= 4 is 33.6 Å². The Morgan fingerprint density at radius 3 is 2.27 bits per heavy atom. The number of nitrogens with one attached hydrogen (secondary N) is 1. The Morgan fingerprint density at radius 2 is 1.43 bits per heavy atom. The van der Waals surface area contributed by atoms with Crippen LogP contribution in [0.25, 0.3) is 27.5 Å². The molecule has 0 bridgehead atoms. The number of thioether (sulfide) groups is 1. The number of aromatic nitrogens is 4. The highest BCUT2D eigenvalue weighted by atomic mass is 32.2. The molecule has 0 spiro atoms. The number of aromatic amines is 1. The van der Waals surface area contributed by atoms with E-state index in [4.69, 9.17) is 0 Å². The molecule has 2 heterocycles. The lowest BCUT2D eigenvalue weighted by Crippen LogP contribution is -2.08. The maximum atomic E-state index is 13.5. The number of para-hydroxylation sites is 3. The first-order valence-corrected chi connectivity index (χ1v) is 12.7. The highest BCUT2D eigenvalue weighted by molar-refractivity contribution is 7.98. The average Bonchev–Trinajstić information content (AvgIpc) is 3.49. The molecule has 0 radical (unpaired) electrons. The number of H-pyrrole nitrogens is 1. The van der Waals surface area contributed by atoms with Gasteiger partial charge >= 0.3 is 6.18 Å². The van der Waals surface area contributed by atoms with E-state index in [1.54, 1.807) is 6.07 Å². The molecule has 0 fully saturated rings. The molecule has 1 N–H and O–H groups in total. The average molecular weight is 515 g/mol. The molecule has 0 saturated carbocycles. The van der Waals surface area contributed by atoms with Gasteiger partial charge in [-0.05, 0) is 35.4 Å². The first kappa shape index (κ1) is 23.4. The van der Waals surface area contributed by atoms with Crippen LogP contribution in [0.5, 0.6) is 0 Å². The Balaban J connectivity index is 1.39. The molecule has 2 aromatic heterocycles. The van der Waals surface area contributed by atoms with Gasteiger partial charge in [-0.25, -0.2) is 0 Å². The highest BCUT2D eigenvalue weighted by Gasteiger charge is 2.33. The Hall–Kier alpha value is -4.04. The van der Waals surface area contributed by atoms with E-state index in [9.17, 15) is 13.2 Å². The number of halogens is 3. The van der Waals surface area contributed by atoms with Crippen LogP contribution in [0.1, 0.15) is 22.5 Å². The van der Waals surface area contributed by atoms with Crippen molar-refractivity contribution in [3.8, 4) is 5.69 Å². The first-order chi connectivity index (χ1) is 18.0. The van der Waals surface area contributed by atoms with Crippen LogP contribution in [0.3, 0.4) is 0 Å². The molecule has 0 atom stereocenters. The molecule has 6 rings (SSSR count). The van der Waals surface area contributed by atoms with Gasteiger partial charge in [-0.1, -0.05) is 84.6 Å². The number of hydrogen-bond donors (Lipinski definition) is 1. The predicted octanol–water partition coefficient (Wildman–Crippen LogP) is 7.80. The van der Waals surface area contributed by atoms with Gasteiger partial charge in [0.1, 0.15) is 5.82 Å². The quantitative estimate of drug-likeness (QED) is 0.231. The summed E-state index contributed by atoms with van der Waals surface area (Å²) < 4.78 is 42.5. The van der Waals surface area contributed by atoms with Crippen molar-refractivity contribution in [3.63, 3.8) is 0 Å². The number of hydrogen-bond acceptors (Lipinski definition) is 3. The Labute approximate surface area is 215 Å². The number of nitrogens with zero attached hydrogens (tertiary/aromatic N) is 3. The normalized spacial score (nSPS) is 12.0. The van der Waals surface area contributed by atoms with Crippen LogP contribution < -0.4 is 0 Å². The maximum Gasteiger partial charge on any atom is 0.416 e. The van der Waals surface area contributed by atoms with Gasteiger partial charge in [0.25, 0.3) is 0 Å². The van der Waals surface area contributed by atoms with Crippen molar-refractivity contribution in [1.82, 2.24) is 19.7 Å². The Bertz CT molecular complexity index is 1700. The lowest BCUT2D eigenvalue weighted by atomic mass is 10.1. The second-order valence-corrected chi connectivity index (χ2v) is 9.64. The van der Waals surface area contributed by atoms with E-state index in [1.165, 1.54) is 23.9 Å². The van der Waals surface area contributed by atoms with Crippen LogP contribution in [-0.2, 0) is 18.3 Å². The molecule has 0 aliphatic heterocycles. The van der Waals surface area contributed by atoms with Crippen LogP contribution in [-0.4, -0.2) is 19.7 Å². The van der Waals surface area contributed by atoms with Crippen molar-refractivity contribution in [1.29, 1.82) is 0 Å². The van der Waals surface area contributed by atoms with E-state index in [-0.39, 0.29) is 11.3 Å². The zero-order chi connectivity index (χ0) is 25.4. The zero-order valence-electron chi connectivity index (χ0n) is 19.5. The largest absolute Gasteiger partial charge is 0.416 e. The fourth-order valence-corrected chi connectivity index (χ4v) is 5.64. The second kappa shape index (κ2) is 9.44. The summed E-state index contributed by atoms with van der Waals surface area (Å²) in [6.45, 7) is 0. The Kier molecular flexibility index (Phi) is 5.96. The van der Waals surface area contributed by atoms with Crippen molar-refractivity contribution < 1.29 is 13.2 Å². The predicted molar refractivity (Wildman–Crippen MR) is 141 cm³/mol. The van der Waals surface area contributed by atoms with E-state index in [0.717, 1.165) is 39.1 Å². The number of fused-ring (bicyclic) bond motifs is 3. The smallest absolute Gasteiger partial charge is 0.354 e. The first-order valence-electron chi connectivity index (χ1n) is 11.7. The molecular formula is C29H21F3N4S. The Morgan fingerprint density at radius 1 is 0.730 bits per heavy atom. The molecule has 8 heteroatoms. The van der Waals surface area contributed by atoms with Crippen molar-refractivity contribution in [2.45, 2.75) is 23.5 Å². The molecule has 4 nitrogen and oxygen atoms in total. The number of rotatable bonds is 6. The summed E-state index contributed by atoms with van der Waals surface area (Å²) in [5, 5.41) is 11.7.